The lowest BCUT2D eigenvalue weighted by molar-refractivity contribution is -0.145. The number of hydrogen-bond donors (Lipinski definition) is 1. The van der Waals surface area contributed by atoms with Gasteiger partial charge < -0.3 is 14.6 Å². The minimum atomic E-state index is -0.364. The van der Waals surface area contributed by atoms with Gasteiger partial charge in [0.15, 0.2) is 0 Å². The Morgan fingerprint density at radius 1 is 1.38 bits per heavy atom. The van der Waals surface area contributed by atoms with Gasteiger partial charge in [-0.05, 0) is 18.6 Å². The molecule has 0 spiro atoms. The van der Waals surface area contributed by atoms with Gasteiger partial charge >= 0.3 is 0 Å². The lowest BCUT2D eigenvalue weighted by atomic mass is 10.1. The Bertz CT molecular complexity index is 659. The van der Waals surface area contributed by atoms with Crippen LogP contribution in [0.5, 0.6) is 0 Å². The van der Waals surface area contributed by atoms with Crippen molar-refractivity contribution >= 4 is 16.9 Å². The molecule has 1 aliphatic heterocycles. The molecule has 1 atom stereocenters. The Morgan fingerprint density at radius 3 is 2.71 bits per heavy atom. The highest BCUT2D eigenvalue weighted by Crippen LogP contribution is 2.26. The number of carbonyl (C=O) groups is 1. The first kappa shape index (κ1) is 14.1. The molecule has 1 aliphatic rings. The van der Waals surface area contributed by atoms with Crippen molar-refractivity contribution < 1.29 is 9.90 Å². The number of likely N-dealkylation sites (tertiary alicyclic amines) is 1. The zero-order chi connectivity index (χ0) is 15.0. The number of aromatic nitrogens is 2. The summed E-state index contributed by atoms with van der Waals surface area (Å²) in [6.07, 6.45) is 1.15. The van der Waals surface area contributed by atoms with E-state index in [0.717, 1.165) is 29.7 Å². The number of imidazole rings is 1. The van der Waals surface area contributed by atoms with Gasteiger partial charge in [0.25, 0.3) is 0 Å². The summed E-state index contributed by atoms with van der Waals surface area (Å²) in [7, 11) is 0. The van der Waals surface area contributed by atoms with Crippen LogP contribution in [0.2, 0.25) is 0 Å². The quantitative estimate of drug-likeness (QED) is 0.932. The van der Waals surface area contributed by atoms with Gasteiger partial charge in [-0.3, -0.25) is 4.79 Å². The Kier molecular flexibility index (Phi) is 3.68. The number of amides is 1. The highest BCUT2D eigenvalue weighted by molar-refractivity contribution is 5.85. The fourth-order valence-electron chi connectivity index (χ4n) is 3.01. The van der Waals surface area contributed by atoms with Gasteiger partial charge in [-0.15, -0.1) is 0 Å². The number of carbonyl (C=O) groups excluding carboxylic acids is 1. The molecule has 5 nitrogen and oxygen atoms in total. The van der Waals surface area contributed by atoms with Crippen LogP contribution in [0.3, 0.4) is 0 Å². The van der Waals surface area contributed by atoms with Gasteiger partial charge in [0, 0.05) is 19.5 Å². The summed E-state index contributed by atoms with van der Waals surface area (Å²) in [4.78, 5) is 19.1. The van der Waals surface area contributed by atoms with E-state index in [1.54, 1.807) is 4.90 Å². The van der Waals surface area contributed by atoms with Gasteiger partial charge in [-0.1, -0.05) is 26.0 Å². The molecule has 0 unspecified atom stereocenters. The molecule has 1 aromatic heterocycles. The topological polar surface area (TPSA) is 58.4 Å². The van der Waals surface area contributed by atoms with Crippen LogP contribution >= 0.6 is 0 Å². The number of aryl methyl sites for hydroxylation is 1. The molecule has 1 aromatic carbocycles. The summed E-state index contributed by atoms with van der Waals surface area (Å²) in [5.74, 6) is 1.03. The van der Waals surface area contributed by atoms with Crippen LogP contribution in [0.25, 0.3) is 11.0 Å². The van der Waals surface area contributed by atoms with Crippen LogP contribution in [0, 0.1) is 0 Å². The molecule has 0 saturated carbocycles. The summed E-state index contributed by atoms with van der Waals surface area (Å²) in [6, 6.07) is 7.70. The molecule has 2 heterocycles. The number of para-hydroxylation sites is 2. The average Bonchev–Trinajstić information content (AvgIpc) is 2.83. The van der Waals surface area contributed by atoms with E-state index in [1.807, 2.05) is 31.2 Å². The number of nitrogens with zero attached hydrogens (tertiary/aromatic N) is 3. The van der Waals surface area contributed by atoms with Gasteiger partial charge in [-0.2, -0.15) is 0 Å². The number of benzene rings is 1. The van der Waals surface area contributed by atoms with Crippen LogP contribution in [0.15, 0.2) is 24.3 Å². The predicted molar refractivity (Wildman–Crippen MR) is 81.0 cm³/mol. The normalized spacial score (nSPS) is 17.0. The summed E-state index contributed by atoms with van der Waals surface area (Å²) in [5.41, 5.74) is 1.94. The minimum absolute atomic E-state index is 0.0839. The fraction of sp³-hybridized carbons (Fsp3) is 0.500. The zero-order valence-electron chi connectivity index (χ0n) is 12.5. The molecule has 112 valence electrons. The second-order valence-electron chi connectivity index (χ2n) is 5.56. The van der Waals surface area contributed by atoms with E-state index in [9.17, 15) is 9.90 Å². The number of hydrogen-bond acceptors (Lipinski definition) is 3. The molecule has 1 saturated heterocycles. The largest absolute Gasteiger partial charge is 0.389 e. The Morgan fingerprint density at radius 2 is 2.10 bits per heavy atom. The fourth-order valence-corrected chi connectivity index (χ4v) is 3.01. The second-order valence-corrected chi connectivity index (χ2v) is 5.56. The molecule has 3 rings (SSSR count). The molecule has 0 radical (unpaired) electrons. The lowest BCUT2D eigenvalue weighted by Gasteiger charge is -2.38. The molecule has 1 fully saturated rings. The Hall–Kier alpha value is -1.88. The first-order chi connectivity index (χ1) is 10.2. The molecule has 2 aromatic rings. The third-order valence-corrected chi connectivity index (χ3v) is 4.14. The van der Waals surface area contributed by atoms with Crippen molar-refractivity contribution in [2.45, 2.75) is 38.8 Å². The van der Waals surface area contributed by atoms with Crippen molar-refractivity contribution in [2.24, 2.45) is 0 Å². The van der Waals surface area contributed by atoms with Crippen molar-refractivity contribution in [3.05, 3.63) is 30.1 Å². The van der Waals surface area contributed by atoms with Crippen LogP contribution in [-0.4, -0.2) is 44.7 Å². The summed E-state index contributed by atoms with van der Waals surface area (Å²) in [6.45, 7) is 4.97. The zero-order valence-corrected chi connectivity index (χ0v) is 12.5. The molecule has 0 bridgehead atoms. The Labute approximate surface area is 124 Å². The standard InChI is InChI=1S/C16H21N3O2/c1-3-13(16(21)18-9-11(20)10-18)19-14-8-6-5-7-12(14)17-15(19)4-2/h5-8,11,13,20H,3-4,9-10H2,1-2H3/t13-/m1/s1. The van der Waals surface area contributed by atoms with Crippen LogP contribution in [-0.2, 0) is 11.2 Å². The van der Waals surface area contributed by atoms with E-state index >= 15 is 0 Å². The molecular weight excluding hydrogens is 266 g/mol. The number of rotatable bonds is 4. The number of β-amino-alcohol motifs (C(OH)–C–C–N with tert-alkyl or cyclic N) is 1. The van der Waals surface area contributed by atoms with Crippen LogP contribution in [0.4, 0.5) is 0 Å². The van der Waals surface area contributed by atoms with Crippen LogP contribution < -0.4 is 0 Å². The van der Waals surface area contributed by atoms with E-state index < -0.39 is 0 Å². The van der Waals surface area contributed by atoms with Crippen molar-refractivity contribution in [1.29, 1.82) is 0 Å². The summed E-state index contributed by atoms with van der Waals surface area (Å²) < 4.78 is 2.07. The highest BCUT2D eigenvalue weighted by atomic mass is 16.3. The number of fused-ring (bicyclic) bond motifs is 1. The maximum Gasteiger partial charge on any atom is 0.245 e. The summed E-state index contributed by atoms with van der Waals surface area (Å²) >= 11 is 0. The average molecular weight is 287 g/mol. The molecule has 1 amide bonds. The molecule has 5 heteroatoms. The third-order valence-electron chi connectivity index (χ3n) is 4.14. The minimum Gasteiger partial charge on any atom is -0.389 e. The van der Waals surface area contributed by atoms with E-state index in [-0.39, 0.29) is 18.1 Å². The van der Waals surface area contributed by atoms with Crippen molar-refractivity contribution in [2.75, 3.05) is 13.1 Å². The van der Waals surface area contributed by atoms with Gasteiger partial charge in [0.2, 0.25) is 5.91 Å². The highest BCUT2D eigenvalue weighted by Gasteiger charge is 2.34. The number of aliphatic hydroxyl groups excluding tert-OH is 1. The Balaban J connectivity index is 2.02. The van der Waals surface area contributed by atoms with E-state index in [2.05, 4.69) is 16.5 Å². The van der Waals surface area contributed by atoms with Crippen molar-refractivity contribution in [3.8, 4) is 0 Å². The monoisotopic (exact) mass is 287 g/mol. The lowest BCUT2D eigenvalue weighted by Crippen LogP contribution is -2.55. The maximum absolute atomic E-state index is 12.7. The third kappa shape index (κ3) is 2.31. The maximum atomic E-state index is 12.7. The van der Waals surface area contributed by atoms with E-state index in [0.29, 0.717) is 13.1 Å². The van der Waals surface area contributed by atoms with E-state index in [1.165, 1.54) is 0 Å². The first-order valence-corrected chi connectivity index (χ1v) is 7.58. The predicted octanol–water partition coefficient (Wildman–Crippen LogP) is 1.75. The van der Waals surface area contributed by atoms with Gasteiger partial charge in [0.05, 0.1) is 17.1 Å². The second kappa shape index (κ2) is 5.48. The summed E-state index contributed by atoms with van der Waals surface area (Å²) in [5, 5.41) is 9.41. The molecule has 1 N–H and O–H groups in total. The number of aliphatic hydroxyl groups is 1. The van der Waals surface area contributed by atoms with Crippen LogP contribution in [0.1, 0.15) is 32.1 Å². The first-order valence-electron chi connectivity index (χ1n) is 7.58. The SMILES string of the molecule is CCc1nc2ccccc2n1[C@H](CC)C(=O)N1CC(O)C1. The van der Waals surface area contributed by atoms with E-state index in [4.69, 9.17) is 0 Å². The molecule has 0 aliphatic carbocycles. The van der Waals surface area contributed by atoms with Gasteiger partial charge in [0.1, 0.15) is 11.9 Å². The van der Waals surface area contributed by atoms with Crippen molar-refractivity contribution in [1.82, 2.24) is 14.5 Å². The molecular formula is C16H21N3O2. The van der Waals surface area contributed by atoms with Crippen molar-refractivity contribution in [3.63, 3.8) is 0 Å². The molecule has 21 heavy (non-hydrogen) atoms. The smallest absolute Gasteiger partial charge is 0.245 e. The van der Waals surface area contributed by atoms with Gasteiger partial charge in [-0.25, -0.2) is 4.98 Å².